The standard InChI is InChI=1S/C22H24N2O4S/c1-15(2)14-24-21(26)19(29-22(24)27)12-13-20(25)23-16-8-10-18(11-9-16)28-17-6-4-3-5-7-17/h3-11,15,19H,12-14H2,1-2H3,(H,23,25). The number of hydrogen-bond donors (Lipinski definition) is 1. The Balaban J connectivity index is 1.47. The number of hydrogen-bond acceptors (Lipinski definition) is 5. The molecule has 2 aromatic carbocycles. The average molecular weight is 413 g/mol. The Morgan fingerprint density at radius 1 is 1.07 bits per heavy atom. The summed E-state index contributed by atoms with van der Waals surface area (Å²) in [5.74, 6) is 1.25. The molecule has 1 saturated heterocycles. The largest absolute Gasteiger partial charge is 0.457 e. The first kappa shape index (κ1) is 20.9. The third-order valence-corrected chi connectivity index (χ3v) is 5.45. The van der Waals surface area contributed by atoms with E-state index in [9.17, 15) is 14.4 Å². The molecule has 0 aromatic heterocycles. The Bertz CT molecular complexity index is 868. The number of para-hydroxylation sites is 1. The number of benzene rings is 2. The van der Waals surface area contributed by atoms with Crippen LogP contribution < -0.4 is 10.1 Å². The lowest BCUT2D eigenvalue weighted by Crippen LogP contribution is -2.34. The van der Waals surface area contributed by atoms with Crippen molar-refractivity contribution < 1.29 is 19.1 Å². The maximum Gasteiger partial charge on any atom is 0.289 e. The summed E-state index contributed by atoms with van der Waals surface area (Å²) in [5.41, 5.74) is 0.651. The van der Waals surface area contributed by atoms with Gasteiger partial charge in [-0.25, -0.2) is 0 Å². The van der Waals surface area contributed by atoms with Crippen LogP contribution >= 0.6 is 11.8 Å². The van der Waals surface area contributed by atoms with E-state index in [2.05, 4.69) is 5.32 Å². The van der Waals surface area contributed by atoms with Crippen molar-refractivity contribution in [1.82, 2.24) is 4.90 Å². The first-order chi connectivity index (χ1) is 13.9. The van der Waals surface area contributed by atoms with Gasteiger partial charge in [-0.05, 0) is 48.7 Å². The van der Waals surface area contributed by atoms with Crippen LogP contribution in [-0.4, -0.2) is 33.7 Å². The molecule has 152 valence electrons. The van der Waals surface area contributed by atoms with Gasteiger partial charge in [0, 0.05) is 18.7 Å². The van der Waals surface area contributed by atoms with Crippen molar-refractivity contribution in [2.75, 3.05) is 11.9 Å². The monoisotopic (exact) mass is 412 g/mol. The fourth-order valence-corrected chi connectivity index (χ4v) is 3.93. The minimum Gasteiger partial charge on any atom is -0.457 e. The van der Waals surface area contributed by atoms with Crippen LogP contribution in [0.5, 0.6) is 11.5 Å². The molecule has 3 rings (SSSR count). The summed E-state index contributed by atoms with van der Waals surface area (Å²) < 4.78 is 5.72. The predicted octanol–water partition coefficient (Wildman–Crippen LogP) is 4.92. The van der Waals surface area contributed by atoms with Crippen LogP contribution in [0.25, 0.3) is 0 Å². The second-order valence-corrected chi connectivity index (χ2v) is 8.40. The van der Waals surface area contributed by atoms with E-state index < -0.39 is 5.25 Å². The first-order valence-corrected chi connectivity index (χ1v) is 10.4. The Hall–Kier alpha value is -2.80. The zero-order valence-electron chi connectivity index (χ0n) is 16.5. The van der Waals surface area contributed by atoms with Crippen molar-refractivity contribution in [2.45, 2.75) is 31.9 Å². The quantitative estimate of drug-likeness (QED) is 0.666. The summed E-state index contributed by atoms with van der Waals surface area (Å²) in [6.45, 7) is 4.34. The van der Waals surface area contributed by atoms with E-state index in [1.807, 2.05) is 44.2 Å². The highest BCUT2D eigenvalue weighted by molar-refractivity contribution is 8.15. The number of nitrogens with one attached hydrogen (secondary N) is 1. The Kier molecular flexibility index (Phi) is 6.93. The van der Waals surface area contributed by atoms with Gasteiger partial charge in [0.25, 0.3) is 5.24 Å². The molecule has 1 fully saturated rings. The fourth-order valence-electron chi connectivity index (χ4n) is 2.93. The summed E-state index contributed by atoms with van der Waals surface area (Å²) in [7, 11) is 0. The minimum absolute atomic E-state index is 0.175. The van der Waals surface area contributed by atoms with E-state index in [1.54, 1.807) is 24.3 Å². The smallest absolute Gasteiger partial charge is 0.289 e. The van der Waals surface area contributed by atoms with Crippen molar-refractivity contribution in [3.05, 3.63) is 54.6 Å². The number of amides is 3. The lowest BCUT2D eigenvalue weighted by atomic mass is 10.1. The molecule has 6 nitrogen and oxygen atoms in total. The van der Waals surface area contributed by atoms with Crippen molar-refractivity contribution in [3.63, 3.8) is 0 Å². The highest BCUT2D eigenvalue weighted by Crippen LogP contribution is 2.31. The molecule has 1 aliphatic rings. The van der Waals surface area contributed by atoms with Crippen LogP contribution in [0.15, 0.2) is 54.6 Å². The molecular weight excluding hydrogens is 388 g/mol. The topological polar surface area (TPSA) is 75.7 Å². The van der Waals surface area contributed by atoms with E-state index in [1.165, 1.54) is 4.90 Å². The van der Waals surface area contributed by atoms with Gasteiger partial charge in [-0.1, -0.05) is 43.8 Å². The van der Waals surface area contributed by atoms with E-state index in [-0.39, 0.29) is 29.4 Å². The first-order valence-electron chi connectivity index (χ1n) is 9.57. The Morgan fingerprint density at radius 3 is 2.38 bits per heavy atom. The minimum atomic E-state index is -0.478. The lowest BCUT2D eigenvalue weighted by molar-refractivity contribution is -0.127. The molecule has 29 heavy (non-hydrogen) atoms. The molecule has 2 aromatic rings. The van der Waals surface area contributed by atoms with Gasteiger partial charge < -0.3 is 10.1 Å². The van der Waals surface area contributed by atoms with Gasteiger partial charge in [-0.2, -0.15) is 0 Å². The van der Waals surface area contributed by atoms with Gasteiger partial charge in [0.15, 0.2) is 0 Å². The van der Waals surface area contributed by atoms with Crippen LogP contribution in [0.1, 0.15) is 26.7 Å². The fraction of sp³-hybridized carbons (Fsp3) is 0.318. The summed E-state index contributed by atoms with van der Waals surface area (Å²) in [4.78, 5) is 37.9. The number of carbonyl (C=O) groups is 3. The zero-order valence-corrected chi connectivity index (χ0v) is 17.3. The second kappa shape index (κ2) is 9.60. The van der Waals surface area contributed by atoms with Gasteiger partial charge in [0.05, 0.1) is 5.25 Å². The molecule has 1 atom stereocenters. The van der Waals surface area contributed by atoms with E-state index >= 15 is 0 Å². The van der Waals surface area contributed by atoms with Crippen molar-refractivity contribution in [3.8, 4) is 11.5 Å². The molecule has 0 spiro atoms. The summed E-state index contributed by atoms with van der Waals surface area (Å²) >= 11 is 1.02. The average Bonchev–Trinajstić information content (AvgIpc) is 2.96. The number of imide groups is 1. The highest BCUT2D eigenvalue weighted by Gasteiger charge is 2.39. The molecule has 1 N–H and O–H groups in total. The normalized spacial score (nSPS) is 16.4. The lowest BCUT2D eigenvalue weighted by Gasteiger charge is -2.15. The Morgan fingerprint density at radius 2 is 1.72 bits per heavy atom. The number of carbonyl (C=O) groups excluding carboxylic acids is 3. The molecule has 0 radical (unpaired) electrons. The second-order valence-electron chi connectivity index (χ2n) is 7.24. The molecule has 0 aliphatic carbocycles. The van der Waals surface area contributed by atoms with Crippen LogP contribution in [0.2, 0.25) is 0 Å². The summed E-state index contributed by atoms with van der Waals surface area (Å²) in [5, 5.41) is 2.12. The maximum atomic E-state index is 12.3. The summed E-state index contributed by atoms with van der Waals surface area (Å²) in [6, 6.07) is 16.5. The van der Waals surface area contributed by atoms with Crippen LogP contribution in [0, 0.1) is 5.92 Å². The molecule has 3 amide bonds. The zero-order chi connectivity index (χ0) is 20.8. The molecule has 1 unspecified atom stereocenters. The van der Waals surface area contributed by atoms with E-state index in [0.29, 0.717) is 24.4 Å². The SMILES string of the molecule is CC(C)CN1C(=O)SC(CCC(=O)Nc2ccc(Oc3ccccc3)cc2)C1=O. The van der Waals surface area contributed by atoms with Crippen LogP contribution in [0.4, 0.5) is 10.5 Å². The van der Waals surface area contributed by atoms with E-state index in [0.717, 1.165) is 17.5 Å². The maximum absolute atomic E-state index is 12.3. The highest BCUT2D eigenvalue weighted by atomic mass is 32.2. The number of rotatable bonds is 8. The van der Waals surface area contributed by atoms with E-state index in [4.69, 9.17) is 4.74 Å². The molecule has 1 aliphatic heterocycles. The van der Waals surface area contributed by atoms with Crippen molar-refractivity contribution >= 4 is 34.5 Å². The number of anilines is 1. The van der Waals surface area contributed by atoms with Crippen LogP contribution in [0.3, 0.4) is 0 Å². The van der Waals surface area contributed by atoms with Gasteiger partial charge in [0.1, 0.15) is 11.5 Å². The molecule has 7 heteroatoms. The Labute approximate surface area is 174 Å². The number of nitrogens with zero attached hydrogens (tertiary/aromatic N) is 1. The van der Waals surface area contributed by atoms with Gasteiger partial charge in [0.2, 0.25) is 11.8 Å². The third kappa shape index (κ3) is 5.84. The van der Waals surface area contributed by atoms with Crippen LogP contribution in [-0.2, 0) is 9.59 Å². The summed E-state index contributed by atoms with van der Waals surface area (Å²) in [6.07, 6.45) is 0.513. The van der Waals surface area contributed by atoms with Gasteiger partial charge in [-0.15, -0.1) is 0 Å². The number of ether oxygens (including phenoxy) is 1. The molecular formula is C22H24N2O4S. The third-order valence-electron chi connectivity index (χ3n) is 4.30. The van der Waals surface area contributed by atoms with Crippen molar-refractivity contribution in [2.24, 2.45) is 5.92 Å². The molecule has 1 heterocycles. The van der Waals surface area contributed by atoms with Gasteiger partial charge >= 0.3 is 0 Å². The van der Waals surface area contributed by atoms with Crippen molar-refractivity contribution in [1.29, 1.82) is 0 Å². The predicted molar refractivity (Wildman–Crippen MR) is 114 cm³/mol. The molecule has 0 saturated carbocycles. The van der Waals surface area contributed by atoms with Gasteiger partial charge in [-0.3, -0.25) is 19.3 Å². The number of thioether (sulfide) groups is 1. The molecule has 0 bridgehead atoms.